The van der Waals surface area contributed by atoms with E-state index in [0.29, 0.717) is 22.9 Å². The molecule has 0 bridgehead atoms. The standard InChI is InChI=1S/C14H22N2O2/c1-5-12(9(2)3)16-14(17)10-6-7-11(15)13(8-10)18-4/h6-9,12H,5,15H2,1-4H3,(H,16,17). The van der Waals surface area contributed by atoms with Crippen molar-refractivity contribution >= 4 is 11.6 Å². The molecule has 18 heavy (non-hydrogen) atoms. The van der Waals surface area contributed by atoms with Gasteiger partial charge in [0.05, 0.1) is 12.8 Å². The fourth-order valence-corrected chi connectivity index (χ4v) is 1.84. The number of methoxy groups -OCH3 is 1. The van der Waals surface area contributed by atoms with Crippen molar-refractivity contribution in [3.8, 4) is 5.75 Å². The molecule has 0 spiro atoms. The van der Waals surface area contributed by atoms with E-state index in [1.807, 2.05) is 0 Å². The molecule has 0 aliphatic rings. The third-order valence-electron chi connectivity index (χ3n) is 3.06. The summed E-state index contributed by atoms with van der Waals surface area (Å²) in [4.78, 5) is 12.1. The van der Waals surface area contributed by atoms with Crippen molar-refractivity contribution in [2.75, 3.05) is 12.8 Å². The van der Waals surface area contributed by atoms with Crippen LogP contribution in [0.2, 0.25) is 0 Å². The number of nitrogens with two attached hydrogens (primary N) is 1. The molecule has 0 aliphatic heterocycles. The van der Waals surface area contributed by atoms with Crippen molar-refractivity contribution < 1.29 is 9.53 Å². The number of ether oxygens (including phenoxy) is 1. The summed E-state index contributed by atoms with van der Waals surface area (Å²) < 4.78 is 5.11. The van der Waals surface area contributed by atoms with Crippen molar-refractivity contribution in [3.05, 3.63) is 23.8 Å². The van der Waals surface area contributed by atoms with Gasteiger partial charge in [-0.25, -0.2) is 0 Å². The zero-order valence-electron chi connectivity index (χ0n) is 11.5. The molecule has 3 N–H and O–H groups in total. The van der Waals surface area contributed by atoms with Gasteiger partial charge in [0.25, 0.3) is 5.91 Å². The molecule has 1 unspecified atom stereocenters. The average molecular weight is 250 g/mol. The second-order valence-electron chi connectivity index (χ2n) is 4.69. The molecule has 1 aromatic carbocycles. The minimum Gasteiger partial charge on any atom is -0.495 e. The number of hydrogen-bond donors (Lipinski definition) is 2. The Morgan fingerprint density at radius 1 is 1.44 bits per heavy atom. The van der Waals surface area contributed by atoms with Gasteiger partial charge in [-0.2, -0.15) is 0 Å². The first-order valence-electron chi connectivity index (χ1n) is 6.24. The third-order valence-corrected chi connectivity index (χ3v) is 3.06. The number of hydrogen-bond acceptors (Lipinski definition) is 3. The second-order valence-corrected chi connectivity index (χ2v) is 4.69. The molecule has 1 atom stereocenters. The molecule has 0 radical (unpaired) electrons. The number of carbonyl (C=O) groups is 1. The van der Waals surface area contributed by atoms with Gasteiger partial charge in [0.2, 0.25) is 0 Å². The number of benzene rings is 1. The number of carbonyl (C=O) groups excluding carboxylic acids is 1. The lowest BCUT2D eigenvalue weighted by Crippen LogP contribution is -2.38. The first-order valence-corrected chi connectivity index (χ1v) is 6.24. The van der Waals surface area contributed by atoms with E-state index < -0.39 is 0 Å². The smallest absolute Gasteiger partial charge is 0.251 e. The minimum atomic E-state index is -0.0890. The summed E-state index contributed by atoms with van der Waals surface area (Å²) in [6.07, 6.45) is 0.912. The van der Waals surface area contributed by atoms with E-state index in [4.69, 9.17) is 10.5 Å². The van der Waals surface area contributed by atoms with Gasteiger partial charge < -0.3 is 15.8 Å². The molecular formula is C14H22N2O2. The zero-order valence-corrected chi connectivity index (χ0v) is 11.5. The molecule has 1 rings (SSSR count). The Kier molecular flexibility index (Phi) is 5.01. The highest BCUT2D eigenvalue weighted by atomic mass is 16.5. The first kappa shape index (κ1) is 14.4. The summed E-state index contributed by atoms with van der Waals surface area (Å²) in [6.45, 7) is 6.25. The quantitative estimate of drug-likeness (QED) is 0.789. The van der Waals surface area contributed by atoms with Crippen LogP contribution >= 0.6 is 0 Å². The summed E-state index contributed by atoms with van der Waals surface area (Å²) in [5.74, 6) is 0.851. The Morgan fingerprint density at radius 3 is 2.61 bits per heavy atom. The van der Waals surface area contributed by atoms with Crippen LogP contribution in [0, 0.1) is 5.92 Å². The third kappa shape index (κ3) is 3.39. The number of nitrogen functional groups attached to an aromatic ring is 1. The molecule has 100 valence electrons. The van der Waals surface area contributed by atoms with E-state index in [1.54, 1.807) is 18.2 Å². The molecule has 4 nitrogen and oxygen atoms in total. The largest absolute Gasteiger partial charge is 0.495 e. The SMILES string of the molecule is CCC(NC(=O)c1ccc(N)c(OC)c1)C(C)C. The van der Waals surface area contributed by atoms with Gasteiger partial charge >= 0.3 is 0 Å². The molecule has 1 amide bonds. The molecule has 0 aromatic heterocycles. The maximum absolute atomic E-state index is 12.1. The van der Waals surface area contributed by atoms with Crippen molar-refractivity contribution in [2.24, 2.45) is 5.92 Å². The minimum absolute atomic E-state index is 0.0890. The molecule has 4 heteroatoms. The van der Waals surface area contributed by atoms with Crippen LogP contribution < -0.4 is 15.8 Å². The van der Waals surface area contributed by atoms with Crippen LogP contribution in [0.5, 0.6) is 5.75 Å². The Balaban J connectivity index is 2.84. The lowest BCUT2D eigenvalue weighted by atomic mass is 10.0. The Hall–Kier alpha value is -1.71. The lowest BCUT2D eigenvalue weighted by molar-refractivity contribution is 0.0924. The summed E-state index contributed by atoms with van der Waals surface area (Å²) in [7, 11) is 1.54. The zero-order chi connectivity index (χ0) is 13.7. The van der Waals surface area contributed by atoms with Crippen LogP contribution in [0.25, 0.3) is 0 Å². The van der Waals surface area contributed by atoms with E-state index in [9.17, 15) is 4.79 Å². The molecular weight excluding hydrogens is 228 g/mol. The van der Waals surface area contributed by atoms with Crippen molar-refractivity contribution in [1.82, 2.24) is 5.32 Å². The van der Waals surface area contributed by atoms with E-state index in [-0.39, 0.29) is 11.9 Å². The van der Waals surface area contributed by atoms with Gasteiger partial charge in [-0.15, -0.1) is 0 Å². The Morgan fingerprint density at radius 2 is 2.11 bits per heavy atom. The number of nitrogens with one attached hydrogen (secondary N) is 1. The van der Waals surface area contributed by atoms with Crippen molar-refractivity contribution in [1.29, 1.82) is 0 Å². The van der Waals surface area contributed by atoms with Crippen LogP contribution in [0.15, 0.2) is 18.2 Å². The predicted molar refractivity (Wildman–Crippen MR) is 73.8 cm³/mol. The second kappa shape index (κ2) is 6.28. The molecule has 0 fully saturated rings. The van der Waals surface area contributed by atoms with E-state index in [0.717, 1.165) is 6.42 Å². The monoisotopic (exact) mass is 250 g/mol. The maximum Gasteiger partial charge on any atom is 0.251 e. The summed E-state index contributed by atoms with van der Waals surface area (Å²) in [6, 6.07) is 5.24. The first-order chi connectivity index (χ1) is 8.49. The van der Waals surface area contributed by atoms with Crippen molar-refractivity contribution in [3.63, 3.8) is 0 Å². The van der Waals surface area contributed by atoms with E-state index >= 15 is 0 Å². The molecule has 1 aromatic rings. The molecule has 0 saturated carbocycles. The highest BCUT2D eigenvalue weighted by Gasteiger charge is 2.16. The summed E-state index contributed by atoms with van der Waals surface area (Å²) in [5.41, 5.74) is 6.82. The highest BCUT2D eigenvalue weighted by molar-refractivity contribution is 5.95. The van der Waals surface area contributed by atoms with Gasteiger partial charge in [0.1, 0.15) is 5.75 Å². The highest BCUT2D eigenvalue weighted by Crippen LogP contribution is 2.22. The lowest BCUT2D eigenvalue weighted by Gasteiger charge is -2.20. The number of rotatable bonds is 5. The summed E-state index contributed by atoms with van der Waals surface area (Å²) in [5, 5.41) is 3.02. The number of amides is 1. The van der Waals surface area contributed by atoms with Gasteiger partial charge in [-0.3, -0.25) is 4.79 Å². The normalized spacial score (nSPS) is 12.3. The van der Waals surface area contributed by atoms with Gasteiger partial charge in [0, 0.05) is 11.6 Å². The van der Waals surface area contributed by atoms with Gasteiger partial charge in [0.15, 0.2) is 0 Å². The fraction of sp³-hybridized carbons (Fsp3) is 0.500. The van der Waals surface area contributed by atoms with Crippen LogP contribution in [0.3, 0.4) is 0 Å². The molecule has 0 aliphatic carbocycles. The molecule has 0 heterocycles. The van der Waals surface area contributed by atoms with Crippen LogP contribution in [-0.2, 0) is 0 Å². The Labute approximate surface area is 109 Å². The Bertz CT molecular complexity index is 416. The summed E-state index contributed by atoms with van der Waals surface area (Å²) >= 11 is 0. The maximum atomic E-state index is 12.1. The topological polar surface area (TPSA) is 64.4 Å². The predicted octanol–water partition coefficient (Wildman–Crippen LogP) is 2.44. The van der Waals surface area contributed by atoms with Gasteiger partial charge in [-0.05, 0) is 30.5 Å². The molecule has 0 saturated heterocycles. The van der Waals surface area contributed by atoms with Crippen LogP contribution in [-0.4, -0.2) is 19.1 Å². The van der Waals surface area contributed by atoms with Crippen molar-refractivity contribution in [2.45, 2.75) is 33.2 Å². The fourth-order valence-electron chi connectivity index (χ4n) is 1.84. The van der Waals surface area contributed by atoms with Gasteiger partial charge in [-0.1, -0.05) is 20.8 Å². The van der Waals surface area contributed by atoms with E-state index in [2.05, 4.69) is 26.1 Å². The van der Waals surface area contributed by atoms with Crippen LogP contribution in [0.1, 0.15) is 37.6 Å². The number of anilines is 1. The van der Waals surface area contributed by atoms with Crippen LogP contribution in [0.4, 0.5) is 5.69 Å². The average Bonchev–Trinajstić information content (AvgIpc) is 2.35. The van der Waals surface area contributed by atoms with E-state index in [1.165, 1.54) is 7.11 Å².